The van der Waals surface area contributed by atoms with E-state index in [0.29, 0.717) is 42.3 Å². The topological polar surface area (TPSA) is 59.6 Å². The van der Waals surface area contributed by atoms with Crippen molar-refractivity contribution in [2.24, 2.45) is 0 Å². The summed E-state index contributed by atoms with van der Waals surface area (Å²) in [5.41, 5.74) is 5.28. The van der Waals surface area contributed by atoms with Gasteiger partial charge in [0, 0.05) is 19.2 Å². The van der Waals surface area contributed by atoms with Crippen LogP contribution >= 0.6 is 0 Å². The number of hydrogen-bond acceptors (Lipinski definition) is 4. The lowest BCUT2D eigenvalue weighted by molar-refractivity contribution is -0.110. The molecule has 0 radical (unpaired) electrons. The molecule has 5 nitrogen and oxygen atoms in total. The second-order valence-corrected chi connectivity index (χ2v) is 8.53. The van der Waals surface area contributed by atoms with Crippen LogP contribution in [0.4, 0.5) is 10.1 Å². The standard InChI is InChI=1S/C27H25FN2O3/c1-16-3-7-18(8-4-16)11-21-24-25(30-27(21)31)22(28)12-23-26(24)33-20(15-32-23)14-29-13-19-9-5-17(2)6-10-19/h3-12,20,29H,13-15H2,1-2H3,(H,30,31)/b21-11-. The molecule has 2 aliphatic rings. The van der Waals surface area contributed by atoms with Gasteiger partial charge in [0.2, 0.25) is 0 Å². The summed E-state index contributed by atoms with van der Waals surface area (Å²) in [6.45, 7) is 5.61. The molecule has 6 heteroatoms. The summed E-state index contributed by atoms with van der Waals surface area (Å²) >= 11 is 0. The molecule has 168 valence electrons. The quantitative estimate of drug-likeness (QED) is 0.552. The molecule has 0 fully saturated rings. The number of nitrogens with one attached hydrogen (secondary N) is 2. The molecule has 0 spiro atoms. The molecule has 0 aliphatic carbocycles. The van der Waals surface area contributed by atoms with Crippen molar-refractivity contribution in [1.29, 1.82) is 0 Å². The molecular weight excluding hydrogens is 419 g/mol. The largest absolute Gasteiger partial charge is 0.486 e. The Morgan fingerprint density at radius 3 is 2.52 bits per heavy atom. The number of aryl methyl sites for hydroxylation is 2. The van der Waals surface area contributed by atoms with Crippen LogP contribution in [-0.4, -0.2) is 25.2 Å². The SMILES string of the molecule is Cc1ccc(/C=C2\C(=O)Nc3c(F)cc4c(c32)OC(CNCc2ccc(C)cc2)CO4)cc1. The molecule has 3 aromatic rings. The van der Waals surface area contributed by atoms with Gasteiger partial charge in [-0.15, -0.1) is 0 Å². The normalized spacial score (nSPS) is 17.7. The average Bonchev–Trinajstić information content (AvgIpc) is 3.14. The summed E-state index contributed by atoms with van der Waals surface area (Å²) in [6, 6.07) is 17.4. The van der Waals surface area contributed by atoms with Crippen molar-refractivity contribution in [1.82, 2.24) is 5.32 Å². The number of halogens is 1. The van der Waals surface area contributed by atoms with Crippen LogP contribution in [0.5, 0.6) is 11.5 Å². The minimum atomic E-state index is -0.538. The second-order valence-electron chi connectivity index (χ2n) is 8.53. The first-order valence-corrected chi connectivity index (χ1v) is 11.0. The van der Waals surface area contributed by atoms with Crippen molar-refractivity contribution in [3.63, 3.8) is 0 Å². The maximum Gasteiger partial charge on any atom is 0.256 e. The zero-order valence-corrected chi connectivity index (χ0v) is 18.6. The first-order valence-electron chi connectivity index (χ1n) is 11.0. The molecule has 2 N–H and O–H groups in total. The van der Waals surface area contributed by atoms with Crippen molar-refractivity contribution in [3.05, 3.63) is 88.2 Å². The van der Waals surface area contributed by atoms with E-state index in [1.165, 1.54) is 17.2 Å². The Morgan fingerprint density at radius 1 is 1.09 bits per heavy atom. The number of fused-ring (bicyclic) bond motifs is 3. The summed E-state index contributed by atoms with van der Waals surface area (Å²) in [4.78, 5) is 12.7. The second kappa shape index (κ2) is 8.71. The number of hydrogen-bond donors (Lipinski definition) is 2. The van der Waals surface area contributed by atoms with Crippen LogP contribution in [0.1, 0.15) is 27.8 Å². The van der Waals surface area contributed by atoms with Gasteiger partial charge in [0.1, 0.15) is 12.7 Å². The van der Waals surface area contributed by atoms with Gasteiger partial charge in [0.25, 0.3) is 5.91 Å². The number of benzene rings is 3. The zero-order valence-electron chi connectivity index (χ0n) is 18.6. The van der Waals surface area contributed by atoms with Gasteiger partial charge < -0.3 is 20.1 Å². The first kappa shape index (κ1) is 21.2. The Balaban J connectivity index is 1.39. The molecule has 1 amide bonds. The van der Waals surface area contributed by atoms with E-state index >= 15 is 0 Å². The maximum atomic E-state index is 14.7. The van der Waals surface area contributed by atoms with E-state index in [-0.39, 0.29) is 17.7 Å². The third-order valence-electron chi connectivity index (χ3n) is 5.87. The summed E-state index contributed by atoms with van der Waals surface area (Å²) in [5, 5.41) is 6.04. The van der Waals surface area contributed by atoms with Gasteiger partial charge in [0.05, 0.1) is 16.8 Å². The summed E-state index contributed by atoms with van der Waals surface area (Å²) in [6.07, 6.45) is 1.48. The van der Waals surface area contributed by atoms with Crippen LogP contribution < -0.4 is 20.1 Å². The van der Waals surface area contributed by atoms with E-state index < -0.39 is 5.82 Å². The van der Waals surface area contributed by atoms with Gasteiger partial charge in [-0.05, 0) is 31.1 Å². The van der Waals surface area contributed by atoms with Gasteiger partial charge in [0.15, 0.2) is 17.3 Å². The first-order chi connectivity index (χ1) is 16.0. The van der Waals surface area contributed by atoms with Gasteiger partial charge in [-0.2, -0.15) is 0 Å². The molecule has 3 aromatic carbocycles. The van der Waals surface area contributed by atoms with Gasteiger partial charge >= 0.3 is 0 Å². The predicted molar refractivity (Wildman–Crippen MR) is 127 cm³/mol. The minimum Gasteiger partial charge on any atom is -0.486 e. The van der Waals surface area contributed by atoms with E-state index in [2.05, 4.69) is 41.8 Å². The summed E-state index contributed by atoms with van der Waals surface area (Å²) in [5.74, 6) is -0.186. The summed E-state index contributed by atoms with van der Waals surface area (Å²) in [7, 11) is 0. The van der Waals surface area contributed by atoms with Crippen LogP contribution in [0.25, 0.3) is 11.6 Å². The number of amides is 1. The lowest BCUT2D eigenvalue weighted by atomic mass is 10.0. The molecule has 0 saturated carbocycles. The van der Waals surface area contributed by atoms with E-state index in [1.807, 2.05) is 31.2 Å². The number of anilines is 1. The molecule has 1 unspecified atom stereocenters. The average molecular weight is 445 g/mol. The number of carbonyl (C=O) groups excluding carboxylic acids is 1. The Labute approximate surface area is 192 Å². The monoisotopic (exact) mass is 444 g/mol. The fourth-order valence-corrected chi connectivity index (χ4v) is 4.04. The van der Waals surface area contributed by atoms with Crippen molar-refractivity contribution in [3.8, 4) is 11.5 Å². The molecule has 0 aromatic heterocycles. The van der Waals surface area contributed by atoms with Crippen molar-refractivity contribution in [2.75, 3.05) is 18.5 Å². The highest BCUT2D eigenvalue weighted by molar-refractivity contribution is 6.35. The van der Waals surface area contributed by atoms with Crippen LogP contribution in [0.3, 0.4) is 0 Å². The van der Waals surface area contributed by atoms with Gasteiger partial charge in [-0.25, -0.2) is 4.39 Å². The Morgan fingerprint density at radius 2 is 1.79 bits per heavy atom. The zero-order chi connectivity index (χ0) is 22.9. The third-order valence-corrected chi connectivity index (χ3v) is 5.87. The molecule has 1 atom stereocenters. The Bertz CT molecular complexity index is 1230. The van der Waals surface area contributed by atoms with E-state index in [1.54, 1.807) is 6.08 Å². The van der Waals surface area contributed by atoms with Crippen LogP contribution in [0.15, 0.2) is 54.6 Å². The molecule has 0 bridgehead atoms. The minimum absolute atomic E-state index is 0.133. The number of ether oxygens (including phenoxy) is 2. The highest BCUT2D eigenvalue weighted by atomic mass is 19.1. The third kappa shape index (κ3) is 4.34. The van der Waals surface area contributed by atoms with Gasteiger partial charge in [-0.3, -0.25) is 4.79 Å². The Kier molecular flexibility index (Phi) is 5.60. The molecule has 0 saturated heterocycles. The highest BCUT2D eigenvalue weighted by Gasteiger charge is 2.36. The molecule has 5 rings (SSSR count). The van der Waals surface area contributed by atoms with Crippen LogP contribution in [0, 0.1) is 19.7 Å². The fourth-order valence-electron chi connectivity index (χ4n) is 4.04. The van der Waals surface area contributed by atoms with Crippen molar-refractivity contribution in [2.45, 2.75) is 26.5 Å². The van der Waals surface area contributed by atoms with Crippen molar-refractivity contribution >= 4 is 23.2 Å². The number of rotatable bonds is 5. The maximum absolute atomic E-state index is 14.7. The molecule has 33 heavy (non-hydrogen) atoms. The molecule has 2 aliphatic heterocycles. The van der Waals surface area contributed by atoms with Gasteiger partial charge in [-0.1, -0.05) is 59.7 Å². The lowest BCUT2D eigenvalue weighted by Gasteiger charge is -2.28. The predicted octanol–water partition coefficient (Wildman–Crippen LogP) is 4.86. The lowest BCUT2D eigenvalue weighted by Crippen LogP contribution is -2.38. The summed E-state index contributed by atoms with van der Waals surface area (Å²) < 4.78 is 26.8. The fraction of sp³-hybridized carbons (Fsp3) is 0.222. The molecular formula is C27H25FN2O3. The van der Waals surface area contributed by atoms with Crippen molar-refractivity contribution < 1.29 is 18.7 Å². The van der Waals surface area contributed by atoms with Crippen LogP contribution in [0.2, 0.25) is 0 Å². The van der Waals surface area contributed by atoms with E-state index in [4.69, 9.17) is 9.47 Å². The van der Waals surface area contributed by atoms with Crippen LogP contribution in [-0.2, 0) is 11.3 Å². The molecule has 2 heterocycles. The number of carbonyl (C=O) groups is 1. The highest BCUT2D eigenvalue weighted by Crippen LogP contribution is 2.48. The Hall–Kier alpha value is -3.64. The smallest absolute Gasteiger partial charge is 0.256 e. The van der Waals surface area contributed by atoms with E-state index in [9.17, 15) is 9.18 Å². The van der Waals surface area contributed by atoms with E-state index in [0.717, 1.165) is 11.1 Å².